The van der Waals surface area contributed by atoms with Gasteiger partial charge in [-0.05, 0) is 42.0 Å². The quantitative estimate of drug-likeness (QED) is 0.823. The maximum atomic E-state index is 12.7. The lowest BCUT2D eigenvalue weighted by atomic mass is 10.1. The molecule has 0 unspecified atom stereocenters. The molecule has 0 saturated carbocycles. The van der Waals surface area contributed by atoms with Gasteiger partial charge in [0.15, 0.2) is 0 Å². The van der Waals surface area contributed by atoms with Gasteiger partial charge in [0.25, 0.3) is 0 Å². The van der Waals surface area contributed by atoms with E-state index in [1.807, 2.05) is 12.1 Å². The lowest BCUT2D eigenvalue weighted by molar-refractivity contribution is 0.106. The summed E-state index contributed by atoms with van der Waals surface area (Å²) in [6.45, 7) is 1.04. The van der Waals surface area contributed by atoms with Crippen molar-refractivity contribution < 1.29 is 14.2 Å². The summed E-state index contributed by atoms with van der Waals surface area (Å²) < 4.78 is 18.1. The summed E-state index contributed by atoms with van der Waals surface area (Å²) in [5, 5.41) is 21.7. The summed E-state index contributed by atoms with van der Waals surface area (Å²) >= 11 is 0. The van der Waals surface area contributed by atoms with E-state index in [1.165, 1.54) is 24.3 Å². The molecule has 0 fully saturated rings. The number of nitrogens with one attached hydrogen (secondary N) is 1. The first-order valence-corrected chi connectivity index (χ1v) is 6.93. The highest BCUT2D eigenvalue weighted by molar-refractivity contribution is 5.32. The van der Waals surface area contributed by atoms with E-state index in [9.17, 15) is 9.50 Å². The van der Waals surface area contributed by atoms with E-state index in [-0.39, 0.29) is 12.4 Å². The van der Waals surface area contributed by atoms with Crippen molar-refractivity contribution in [2.24, 2.45) is 0 Å². The second kappa shape index (κ2) is 8.13. The van der Waals surface area contributed by atoms with E-state index in [1.54, 1.807) is 12.1 Å². The molecule has 2 aromatic carbocycles. The van der Waals surface area contributed by atoms with E-state index in [4.69, 9.17) is 10.00 Å². The molecular formula is C17H17FN2O2. The predicted molar refractivity (Wildman–Crippen MR) is 80.8 cm³/mol. The molecule has 5 heteroatoms. The Morgan fingerprint density at radius 2 is 2.00 bits per heavy atom. The van der Waals surface area contributed by atoms with Crippen LogP contribution in [0.15, 0.2) is 48.5 Å². The first-order valence-electron chi connectivity index (χ1n) is 6.93. The first-order chi connectivity index (χ1) is 10.7. The fourth-order valence-corrected chi connectivity index (χ4v) is 1.92. The number of hydrogen-bond donors (Lipinski definition) is 2. The number of ether oxygens (including phenoxy) is 1. The normalized spacial score (nSPS) is 11.7. The van der Waals surface area contributed by atoms with Gasteiger partial charge in [0.2, 0.25) is 0 Å². The van der Waals surface area contributed by atoms with Crippen molar-refractivity contribution in [2.75, 3.05) is 13.2 Å². The SMILES string of the molecule is N#Cc1cccc(CNC[C@@H](O)COc2ccc(F)cc2)c1. The van der Waals surface area contributed by atoms with Crippen molar-refractivity contribution >= 4 is 0 Å². The van der Waals surface area contributed by atoms with Crippen LogP contribution in [0.5, 0.6) is 5.75 Å². The van der Waals surface area contributed by atoms with Crippen LogP contribution in [0, 0.1) is 17.1 Å². The third-order valence-electron chi connectivity index (χ3n) is 3.02. The van der Waals surface area contributed by atoms with Crippen LogP contribution < -0.4 is 10.1 Å². The number of rotatable bonds is 7. The van der Waals surface area contributed by atoms with Gasteiger partial charge in [-0.3, -0.25) is 0 Å². The van der Waals surface area contributed by atoms with Gasteiger partial charge in [-0.25, -0.2) is 4.39 Å². The van der Waals surface area contributed by atoms with Gasteiger partial charge in [0.05, 0.1) is 11.6 Å². The number of benzene rings is 2. The van der Waals surface area contributed by atoms with E-state index in [0.717, 1.165) is 5.56 Å². The highest BCUT2D eigenvalue weighted by atomic mass is 19.1. The zero-order valence-electron chi connectivity index (χ0n) is 12.0. The molecular weight excluding hydrogens is 283 g/mol. The van der Waals surface area contributed by atoms with Gasteiger partial charge < -0.3 is 15.2 Å². The van der Waals surface area contributed by atoms with Crippen molar-refractivity contribution in [1.29, 1.82) is 5.26 Å². The fourth-order valence-electron chi connectivity index (χ4n) is 1.92. The van der Waals surface area contributed by atoms with E-state index >= 15 is 0 Å². The van der Waals surface area contributed by atoms with Crippen molar-refractivity contribution in [3.05, 3.63) is 65.5 Å². The Labute approximate surface area is 128 Å². The van der Waals surface area contributed by atoms with E-state index in [0.29, 0.717) is 24.4 Å². The Kier molecular flexibility index (Phi) is 5.90. The monoisotopic (exact) mass is 300 g/mol. The molecule has 0 aliphatic heterocycles. The van der Waals surface area contributed by atoms with Crippen molar-refractivity contribution in [1.82, 2.24) is 5.32 Å². The molecule has 0 heterocycles. The minimum absolute atomic E-state index is 0.122. The molecule has 2 N–H and O–H groups in total. The molecule has 22 heavy (non-hydrogen) atoms. The van der Waals surface area contributed by atoms with Crippen LogP contribution >= 0.6 is 0 Å². The van der Waals surface area contributed by atoms with Crippen molar-refractivity contribution in [3.63, 3.8) is 0 Å². The van der Waals surface area contributed by atoms with Crippen LogP contribution in [0.3, 0.4) is 0 Å². The molecule has 0 saturated heterocycles. The minimum Gasteiger partial charge on any atom is -0.491 e. The lowest BCUT2D eigenvalue weighted by Crippen LogP contribution is -2.31. The number of aliphatic hydroxyl groups excluding tert-OH is 1. The number of nitriles is 1. The summed E-state index contributed by atoms with van der Waals surface area (Å²) in [5.41, 5.74) is 1.59. The first kappa shape index (κ1) is 16.0. The van der Waals surface area contributed by atoms with Crippen molar-refractivity contribution in [3.8, 4) is 11.8 Å². The topological polar surface area (TPSA) is 65.3 Å². The summed E-state index contributed by atoms with van der Waals surface area (Å²) in [6, 6.07) is 15.0. The Morgan fingerprint density at radius 1 is 1.23 bits per heavy atom. The van der Waals surface area contributed by atoms with Crippen LogP contribution in [-0.4, -0.2) is 24.4 Å². The van der Waals surface area contributed by atoms with Gasteiger partial charge in [0.1, 0.15) is 24.3 Å². The number of aliphatic hydroxyl groups is 1. The Hall–Kier alpha value is -2.42. The third kappa shape index (κ3) is 5.17. The van der Waals surface area contributed by atoms with Gasteiger partial charge in [-0.1, -0.05) is 12.1 Å². The van der Waals surface area contributed by atoms with E-state index < -0.39 is 6.10 Å². The molecule has 1 atom stereocenters. The predicted octanol–water partition coefficient (Wildman–Crippen LogP) is 2.23. The zero-order valence-corrected chi connectivity index (χ0v) is 12.0. The maximum Gasteiger partial charge on any atom is 0.123 e. The zero-order chi connectivity index (χ0) is 15.8. The molecule has 0 spiro atoms. The molecule has 2 rings (SSSR count). The highest BCUT2D eigenvalue weighted by Crippen LogP contribution is 2.11. The van der Waals surface area contributed by atoms with Gasteiger partial charge >= 0.3 is 0 Å². The number of halogens is 1. The molecule has 0 aliphatic rings. The second-order valence-electron chi connectivity index (χ2n) is 4.86. The van der Waals surface area contributed by atoms with Crippen LogP contribution in [-0.2, 0) is 6.54 Å². The smallest absolute Gasteiger partial charge is 0.123 e. The van der Waals surface area contributed by atoms with Gasteiger partial charge in [-0.2, -0.15) is 5.26 Å². The molecule has 114 valence electrons. The summed E-state index contributed by atoms with van der Waals surface area (Å²) in [5.74, 6) is 0.191. The molecule has 0 aromatic heterocycles. The third-order valence-corrected chi connectivity index (χ3v) is 3.02. The average Bonchev–Trinajstić information content (AvgIpc) is 2.54. The molecule has 0 radical (unpaired) electrons. The van der Waals surface area contributed by atoms with Gasteiger partial charge in [-0.15, -0.1) is 0 Å². The summed E-state index contributed by atoms with van der Waals surface area (Å²) in [4.78, 5) is 0. The maximum absolute atomic E-state index is 12.7. The molecule has 2 aromatic rings. The Balaban J connectivity index is 1.70. The molecule has 0 amide bonds. The Bertz CT molecular complexity index is 638. The fraction of sp³-hybridized carbons (Fsp3) is 0.235. The molecule has 4 nitrogen and oxygen atoms in total. The Morgan fingerprint density at radius 3 is 2.73 bits per heavy atom. The van der Waals surface area contributed by atoms with Crippen LogP contribution in [0.4, 0.5) is 4.39 Å². The summed E-state index contributed by atoms with van der Waals surface area (Å²) in [6.07, 6.45) is -0.677. The van der Waals surface area contributed by atoms with Gasteiger partial charge in [0, 0.05) is 13.1 Å². The standard InChI is InChI=1S/C17H17FN2O2/c18-15-4-6-17(7-5-15)22-12-16(21)11-20-10-14-3-1-2-13(8-14)9-19/h1-8,16,20-21H,10-12H2/t16-/m1/s1. The lowest BCUT2D eigenvalue weighted by Gasteiger charge is -2.13. The largest absolute Gasteiger partial charge is 0.491 e. The summed E-state index contributed by atoms with van der Waals surface area (Å²) in [7, 11) is 0. The molecule has 0 bridgehead atoms. The number of hydrogen-bond acceptors (Lipinski definition) is 4. The van der Waals surface area contributed by atoms with Crippen LogP contribution in [0.25, 0.3) is 0 Å². The molecule has 0 aliphatic carbocycles. The highest BCUT2D eigenvalue weighted by Gasteiger charge is 2.05. The van der Waals surface area contributed by atoms with E-state index in [2.05, 4.69) is 11.4 Å². The van der Waals surface area contributed by atoms with Crippen LogP contribution in [0.1, 0.15) is 11.1 Å². The minimum atomic E-state index is -0.677. The average molecular weight is 300 g/mol. The van der Waals surface area contributed by atoms with Crippen molar-refractivity contribution in [2.45, 2.75) is 12.6 Å². The second-order valence-corrected chi connectivity index (χ2v) is 4.86. The van der Waals surface area contributed by atoms with Crippen LogP contribution in [0.2, 0.25) is 0 Å². The number of nitrogens with zero attached hydrogens (tertiary/aromatic N) is 1.